The van der Waals surface area contributed by atoms with Crippen molar-refractivity contribution < 1.29 is 17.8 Å². The van der Waals surface area contributed by atoms with Crippen molar-refractivity contribution in [3.05, 3.63) is 38.4 Å². The summed E-state index contributed by atoms with van der Waals surface area (Å²) in [4.78, 5) is 11.4. The van der Waals surface area contributed by atoms with Crippen LogP contribution in [0.4, 0.5) is 0 Å². The summed E-state index contributed by atoms with van der Waals surface area (Å²) in [6.07, 6.45) is 40.3. The fourth-order valence-electron chi connectivity index (χ4n) is 7.90. The second-order valence-electron chi connectivity index (χ2n) is 16.2. The normalized spacial score (nSPS) is 11.9. The highest BCUT2D eigenvalue weighted by Crippen LogP contribution is 2.38. The van der Waals surface area contributed by atoms with Gasteiger partial charge in [-0.25, -0.2) is 12.7 Å². The number of hydrogen-bond donors (Lipinski definition) is 0. The molecule has 0 unspecified atom stereocenters. The lowest BCUT2D eigenvalue weighted by molar-refractivity contribution is -0.706. The summed E-state index contributed by atoms with van der Waals surface area (Å²) < 4.78 is 32.0. The average Bonchev–Trinajstić information content (AvgIpc) is 3.13. The minimum atomic E-state index is -4.09. The van der Waals surface area contributed by atoms with Crippen molar-refractivity contribution in [1.82, 2.24) is 0 Å². The van der Waals surface area contributed by atoms with E-state index in [0.29, 0.717) is 6.42 Å². The minimum Gasteiger partial charge on any atom is -0.225 e. The van der Waals surface area contributed by atoms with Crippen LogP contribution in [0.25, 0.3) is 0 Å². The Kier molecular flexibility index (Phi) is 30.9. The Morgan fingerprint density at radius 3 is 1.15 bits per heavy atom. The molecule has 0 aliphatic rings. The van der Waals surface area contributed by atoms with Crippen molar-refractivity contribution in [2.45, 2.75) is 257 Å². The third kappa shape index (κ3) is 24.1. The van der Waals surface area contributed by atoms with Gasteiger partial charge in [-0.3, -0.25) is 0 Å². The molecular formula is C45H83NO5S2. The smallest absolute Gasteiger partial charge is 0.225 e. The maximum Gasteiger partial charge on any atom is 0.307 e. The van der Waals surface area contributed by atoms with Crippen LogP contribution in [0.2, 0.25) is 0 Å². The van der Waals surface area contributed by atoms with Crippen LogP contribution in [0, 0.1) is 10.1 Å². The molecule has 0 fully saturated rings. The molecule has 53 heavy (non-hydrogen) atoms. The van der Waals surface area contributed by atoms with E-state index in [-0.39, 0.29) is 21.9 Å². The number of rotatable bonds is 38. The number of hydrogen-bond acceptors (Lipinski definition) is 6. The van der Waals surface area contributed by atoms with E-state index in [9.17, 15) is 18.5 Å². The lowest BCUT2D eigenvalue weighted by Gasteiger charge is -2.24. The van der Waals surface area contributed by atoms with Gasteiger partial charge >= 0.3 is 5.09 Å². The lowest BCUT2D eigenvalue weighted by atomic mass is 9.83. The monoisotopic (exact) mass is 782 g/mol. The SMILES string of the molecule is CCCCCCCCCCCCc1c(C(C)C)cc(S(=O)(=O)SO[N+](=O)[O-])c(CCCCCCCCCCCC)c1CCCCCCCCCCCC. The molecule has 310 valence electrons. The molecule has 0 saturated carbocycles. The first-order valence-corrected chi connectivity index (χ1v) is 25.4. The molecule has 0 N–H and O–H groups in total. The largest absolute Gasteiger partial charge is 0.307 e. The summed E-state index contributed by atoms with van der Waals surface area (Å²) >= 11 is -0.000180. The predicted molar refractivity (Wildman–Crippen MR) is 230 cm³/mol. The maximum atomic E-state index is 13.8. The molecule has 0 atom stereocenters. The van der Waals surface area contributed by atoms with Crippen LogP contribution in [0.1, 0.15) is 255 Å². The summed E-state index contributed by atoms with van der Waals surface area (Å²) in [5.41, 5.74) is 4.58. The molecule has 6 nitrogen and oxygen atoms in total. The van der Waals surface area contributed by atoms with Gasteiger partial charge in [-0.15, -0.1) is 10.1 Å². The Bertz CT molecular complexity index is 1150. The third-order valence-electron chi connectivity index (χ3n) is 11.1. The molecule has 8 heteroatoms. The van der Waals surface area contributed by atoms with E-state index in [1.807, 2.05) is 6.07 Å². The van der Waals surface area contributed by atoms with E-state index < -0.39 is 14.0 Å². The third-order valence-corrected chi connectivity index (χ3v) is 13.6. The molecule has 1 aromatic rings. The summed E-state index contributed by atoms with van der Waals surface area (Å²) in [6, 6.07) is 1.87. The number of benzene rings is 1. The highest BCUT2D eigenvalue weighted by Gasteiger charge is 2.28. The number of nitrogens with zero attached hydrogens (tertiary/aromatic N) is 1. The van der Waals surface area contributed by atoms with Gasteiger partial charge in [0, 0.05) is 0 Å². The number of unbranched alkanes of at least 4 members (excludes halogenated alkanes) is 27. The van der Waals surface area contributed by atoms with Crippen molar-refractivity contribution in [2.24, 2.45) is 0 Å². The van der Waals surface area contributed by atoms with Crippen LogP contribution >= 0.6 is 11.1 Å². The Morgan fingerprint density at radius 1 is 0.528 bits per heavy atom. The van der Waals surface area contributed by atoms with Crippen LogP contribution in [0.15, 0.2) is 11.0 Å². The zero-order valence-corrected chi connectivity index (χ0v) is 36.9. The molecule has 0 amide bonds. The Hall–Kier alpha value is -1.28. The van der Waals surface area contributed by atoms with Gasteiger partial charge in [0.1, 0.15) is 0 Å². The summed E-state index contributed by atoms with van der Waals surface area (Å²) in [6.45, 7) is 11.1. The highest BCUT2D eigenvalue weighted by molar-refractivity contribution is 8.70. The van der Waals surface area contributed by atoms with E-state index >= 15 is 0 Å². The van der Waals surface area contributed by atoms with E-state index in [1.54, 1.807) is 0 Å². The van der Waals surface area contributed by atoms with Crippen LogP contribution in [0.3, 0.4) is 0 Å². The molecule has 1 aromatic carbocycles. The molecule has 0 aromatic heterocycles. The second-order valence-corrected chi connectivity index (χ2v) is 19.5. The van der Waals surface area contributed by atoms with Crippen LogP contribution in [-0.4, -0.2) is 13.5 Å². The predicted octanol–water partition coefficient (Wildman–Crippen LogP) is 15.7. The van der Waals surface area contributed by atoms with Crippen molar-refractivity contribution in [3.8, 4) is 0 Å². The van der Waals surface area contributed by atoms with Gasteiger partial charge in [0.05, 0.1) is 4.90 Å². The highest BCUT2D eigenvalue weighted by atomic mass is 33.1. The van der Waals surface area contributed by atoms with Gasteiger partial charge in [-0.05, 0) is 72.8 Å². The van der Waals surface area contributed by atoms with E-state index in [2.05, 4.69) is 38.9 Å². The molecule has 0 saturated heterocycles. The second kappa shape index (κ2) is 32.9. The van der Waals surface area contributed by atoms with Gasteiger partial charge < -0.3 is 0 Å². The van der Waals surface area contributed by atoms with E-state index in [0.717, 1.165) is 56.1 Å². The molecule has 0 radical (unpaired) electrons. The minimum absolute atomic E-state index is 0.000180. The molecule has 0 heterocycles. The molecule has 0 aliphatic heterocycles. The van der Waals surface area contributed by atoms with Crippen LogP contribution < -0.4 is 0 Å². The fourth-order valence-corrected chi connectivity index (χ4v) is 9.96. The summed E-state index contributed by atoms with van der Waals surface area (Å²) in [5.74, 6) is 0.154. The molecular weight excluding hydrogens is 699 g/mol. The van der Waals surface area contributed by atoms with Crippen LogP contribution in [-0.2, 0) is 32.4 Å². The lowest BCUT2D eigenvalue weighted by Crippen LogP contribution is -2.13. The first-order chi connectivity index (χ1) is 25.7. The Morgan fingerprint density at radius 2 is 0.830 bits per heavy atom. The van der Waals surface area contributed by atoms with Gasteiger partial charge in [-0.1, -0.05) is 208 Å². The summed E-state index contributed by atoms with van der Waals surface area (Å²) in [7, 11) is -4.09. The standard InChI is InChI=1S/C45H83NO5S2/c1-6-9-12-15-18-21-24-27-30-33-36-41-42(37-34-31-28-25-22-19-16-13-10-7-2)44(40(4)5)39-45(53(49,50)52-51-46(47)48)43(41)38-35-32-29-26-23-20-17-14-11-8-3/h39-40H,6-38H2,1-5H3. The summed E-state index contributed by atoms with van der Waals surface area (Å²) in [5, 5.41) is 10.1. The first-order valence-electron chi connectivity index (χ1n) is 22.6. The first kappa shape index (κ1) is 49.7. The zero-order valence-electron chi connectivity index (χ0n) is 35.3. The van der Waals surface area contributed by atoms with Crippen LogP contribution in [0.5, 0.6) is 0 Å². The molecule has 1 rings (SSSR count). The van der Waals surface area contributed by atoms with Crippen molar-refractivity contribution in [2.75, 3.05) is 0 Å². The van der Waals surface area contributed by atoms with Gasteiger partial charge in [0.25, 0.3) is 8.87 Å². The Balaban J connectivity index is 3.21. The molecule has 0 bridgehead atoms. The maximum absolute atomic E-state index is 13.8. The fraction of sp³-hybridized carbons (Fsp3) is 0.867. The van der Waals surface area contributed by atoms with E-state index in [4.69, 9.17) is 0 Å². The average molecular weight is 782 g/mol. The molecule has 0 spiro atoms. The topological polar surface area (TPSA) is 86.5 Å². The van der Waals surface area contributed by atoms with E-state index in [1.165, 1.54) is 172 Å². The Labute approximate surface area is 332 Å². The van der Waals surface area contributed by atoms with Crippen molar-refractivity contribution >= 4 is 19.9 Å². The quantitative estimate of drug-likeness (QED) is 0.0218. The van der Waals surface area contributed by atoms with Gasteiger partial charge in [-0.2, -0.15) is 0 Å². The van der Waals surface area contributed by atoms with Gasteiger partial charge in [0.15, 0.2) is 11.1 Å². The molecule has 0 aliphatic carbocycles. The van der Waals surface area contributed by atoms with Crippen molar-refractivity contribution in [1.29, 1.82) is 0 Å². The van der Waals surface area contributed by atoms with Gasteiger partial charge in [0.2, 0.25) is 0 Å². The zero-order chi connectivity index (χ0) is 39.0. The van der Waals surface area contributed by atoms with Crippen molar-refractivity contribution in [3.63, 3.8) is 0 Å².